The van der Waals surface area contributed by atoms with Gasteiger partial charge in [-0.25, -0.2) is 0 Å². The number of aliphatic hydroxyl groups is 2. The molecule has 2 aliphatic rings. The summed E-state index contributed by atoms with van der Waals surface area (Å²) in [7, 11) is 0. The van der Waals surface area contributed by atoms with Crippen LogP contribution in [0.3, 0.4) is 0 Å². The number of phenolic OH excluding ortho intramolecular Hbond substituents is 3. The standard InChI is InChI=1S/C17H16O6/c1-16(21)11-6-13(20)12(19)5-10(11)15-9-3-2-8(18)4-14(9)23-7-17(15,16)22/h2-6,15,18-22H,7H2,1H3/t15-,16?,17+/m0/s1. The van der Waals surface area contributed by atoms with Gasteiger partial charge in [0.2, 0.25) is 0 Å². The zero-order chi connectivity index (χ0) is 16.6. The SMILES string of the molecule is CC1(O)c2cc(O)c(O)cc2[C@@H]2c3ccc(O)cc3OC[C@@]21O. The van der Waals surface area contributed by atoms with Crippen LogP contribution in [0.5, 0.6) is 23.0 Å². The molecule has 0 fully saturated rings. The average Bonchev–Trinajstić information content (AvgIpc) is 2.65. The molecule has 1 heterocycles. The van der Waals surface area contributed by atoms with Crippen molar-refractivity contribution in [2.24, 2.45) is 0 Å². The fourth-order valence-corrected chi connectivity index (χ4v) is 3.75. The van der Waals surface area contributed by atoms with Crippen LogP contribution in [0.1, 0.15) is 29.5 Å². The molecule has 1 aliphatic carbocycles. The van der Waals surface area contributed by atoms with Crippen molar-refractivity contribution < 1.29 is 30.3 Å². The highest BCUT2D eigenvalue weighted by atomic mass is 16.5. The molecule has 0 aromatic heterocycles. The second-order valence-corrected chi connectivity index (χ2v) is 6.37. The summed E-state index contributed by atoms with van der Waals surface area (Å²) < 4.78 is 5.55. The Balaban J connectivity index is 2.03. The first kappa shape index (κ1) is 14.2. The van der Waals surface area contributed by atoms with E-state index >= 15 is 0 Å². The van der Waals surface area contributed by atoms with Gasteiger partial charge in [0.1, 0.15) is 29.3 Å². The molecule has 1 unspecified atom stereocenters. The lowest BCUT2D eigenvalue weighted by Crippen LogP contribution is -2.55. The molecule has 0 radical (unpaired) electrons. The van der Waals surface area contributed by atoms with E-state index in [2.05, 4.69) is 0 Å². The summed E-state index contributed by atoms with van der Waals surface area (Å²) in [6.07, 6.45) is 0. The lowest BCUT2D eigenvalue weighted by atomic mass is 9.75. The Kier molecular flexibility index (Phi) is 2.52. The van der Waals surface area contributed by atoms with Crippen molar-refractivity contribution in [2.75, 3.05) is 6.61 Å². The number of fused-ring (bicyclic) bond motifs is 5. The van der Waals surface area contributed by atoms with Crippen molar-refractivity contribution >= 4 is 0 Å². The Morgan fingerprint density at radius 2 is 1.70 bits per heavy atom. The van der Waals surface area contributed by atoms with E-state index in [0.29, 0.717) is 22.4 Å². The number of ether oxygens (including phenoxy) is 1. The van der Waals surface area contributed by atoms with Gasteiger partial charge in [-0.05, 0) is 36.2 Å². The fourth-order valence-electron chi connectivity index (χ4n) is 3.75. The Labute approximate surface area is 131 Å². The molecular weight excluding hydrogens is 300 g/mol. The smallest absolute Gasteiger partial charge is 0.157 e. The Morgan fingerprint density at radius 3 is 2.43 bits per heavy atom. The normalized spacial score (nSPS) is 31.0. The van der Waals surface area contributed by atoms with E-state index in [-0.39, 0.29) is 23.9 Å². The zero-order valence-electron chi connectivity index (χ0n) is 12.3. The molecule has 3 atom stereocenters. The molecule has 0 saturated carbocycles. The number of hydrogen-bond acceptors (Lipinski definition) is 6. The van der Waals surface area contributed by atoms with Gasteiger partial charge in [-0.3, -0.25) is 0 Å². The van der Waals surface area contributed by atoms with Gasteiger partial charge < -0.3 is 30.3 Å². The molecule has 120 valence electrons. The van der Waals surface area contributed by atoms with Crippen LogP contribution in [0.15, 0.2) is 30.3 Å². The monoisotopic (exact) mass is 316 g/mol. The molecule has 0 bridgehead atoms. The second kappa shape index (κ2) is 4.10. The lowest BCUT2D eigenvalue weighted by Gasteiger charge is -2.42. The van der Waals surface area contributed by atoms with E-state index in [1.54, 1.807) is 6.07 Å². The minimum Gasteiger partial charge on any atom is -0.508 e. The minimum atomic E-state index is -1.67. The van der Waals surface area contributed by atoms with Crippen molar-refractivity contribution in [3.8, 4) is 23.0 Å². The van der Waals surface area contributed by atoms with Gasteiger partial charge in [0.05, 0.1) is 0 Å². The lowest BCUT2D eigenvalue weighted by molar-refractivity contribution is -0.165. The Morgan fingerprint density at radius 1 is 1.00 bits per heavy atom. The van der Waals surface area contributed by atoms with Gasteiger partial charge in [0, 0.05) is 17.5 Å². The average molecular weight is 316 g/mol. The van der Waals surface area contributed by atoms with Crippen molar-refractivity contribution in [3.63, 3.8) is 0 Å². The molecule has 2 aromatic rings. The largest absolute Gasteiger partial charge is 0.508 e. The summed E-state index contributed by atoms with van der Waals surface area (Å²) in [5.74, 6) is -0.888. The molecule has 23 heavy (non-hydrogen) atoms. The van der Waals surface area contributed by atoms with E-state index in [0.717, 1.165) is 0 Å². The molecule has 0 saturated heterocycles. The Bertz CT molecular complexity index is 828. The second-order valence-electron chi connectivity index (χ2n) is 6.37. The topological polar surface area (TPSA) is 110 Å². The van der Waals surface area contributed by atoms with Crippen LogP contribution in [-0.2, 0) is 5.60 Å². The number of hydrogen-bond donors (Lipinski definition) is 5. The summed E-state index contributed by atoms with van der Waals surface area (Å²) in [6, 6.07) is 7.15. The predicted octanol–water partition coefficient (Wildman–Crippen LogP) is 1.28. The third-order valence-corrected chi connectivity index (χ3v) is 5.06. The van der Waals surface area contributed by atoms with E-state index in [9.17, 15) is 25.5 Å². The summed E-state index contributed by atoms with van der Waals surface area (Å²) in [5, 5.41) is 51.3. The number of rotatable bonds is 0. The van der Waals surface area contributed by atoms with E-state index in [1.165, 1.54) is 31.2 Å². The van der Waals surface area contributed by atoms with Crippen molar-refractivity contribution in [2.45, 2.75) is 24.0 Å². The fraction of sp³-hybridized carbons (Fsp3) is 0.294. The van der Waals surface area contributed by atoms with Crippen LogP contribution >= 0.6 is 0 Å². The maximum Gasteiger partial charge on any atom is 0.157 e. The van der Waals surface area contributed by atoms with Crippen LogP contribution in [0, 0.1) is 0 Å². The van der Waals surface area contributed by atoms with Crippen LogP contribution in [0.25, 0.3) is 0 Å². The van der Waals surface area contributed by atoms with Gasteiger partial charge in [-0.2, -0.15) is 0 Å². The third kappa shape index (κ3) is 1.59. The molecule has 0 spiro atoms. The summed E-state index contributed by atoms with van der Waals surface area (Å²) in [6.45, 7) is 1.27. The van der Waals surface area contributed by atoms with Crippen LogP contribution in [0.2, 0.25) is 0 Å². The first-order valence-electron chi connectivity index (χ1n) is 7.22. The van der Waals surface area contributed by atoms with Gasteiger partial charge in [0.25, 0.3) is 0 Å². The van der Waals surface area contributed by atoms with Crippen LogP contribution in [0.4, 0.5) is 0 Å². The number of phenols is 3. The quantitative estimate of drug-likeness (QED) is 0.468. The molecule has 2 aromatic carbocycles. The van der Waals surface area contributed by atoms with Crippen molar-refractivity contribution in [3.05, 3.63) is 47.0 Å². The predicted molar refractivity (Wildman–Crippen MR) is 79.7 cm³/mol. The van der Waals surface area contributed by atoms with Gasteiger partial charge in [-0.1, -0.05) is 6.07 Å². The Hall–Kier alpha value is -2.44. The molecule has 4 rings (SSSR count). The molecule has 5 N–H and O–H groups in total. The number of aromatic hydroxyl groups is 3. The van der Waals surface area contributed by atoms with Gasteiger partial charge >= 0.3 is 0 Å². The summed E-state index contributed by atoms with van der Waals surface area (Å²) >= 11 is 0. The first-order valence-corrected chi connectivity index (χ1v) is 7.22. The van der Waals surface area contributed by atoms with Gasteiger partial charge in [0.15, 0.2) is 11.5 Å². The van der Waals surface area contributed by atoms with Crippen molar-refractivity contribution in [1.82, 2.24) is 0 Å². The zero-order valence-corrected chi connectivity index (χ0v) is 12.3. The van der Waals surface area contributed by atoms with E-state index in [4.69, 9.17) is 4.74 Å². The number of benzene rings is 2. The molecule has 0 amide bonds. The van der Waals surface area contributed by atoms with E-state index < -0.39 is 17.1 Å². The third-order valence-electron chi connectivity index (χ3n) is 5.06. The highest BCUT2D eigenvalue weighted by molar-refractivity contribution is 5.61. The van der Waals surface area contributed by atoms with E-state index in [1.807, 2.05) is 0 Å². The highest BCUT2D eigenvalue weighted by Gasteiger charge is 2.62. The van der Waals surface area contributed by atoms with Crippen LogP contribution in [-0.4, -0.2) is 37.7 Å². The maximum absolute atomic E-state index is 11.2. The summed E-state index contributed by atoms with van der Waals surface area (Å²) in [4.78, 5) is 0. The highest BCUT2D eigenvalue weighted by Crippen LogP contribution is 2.59. The molecule has 1 aliphatic heterocycles. The van der Waals surface area contributed by atoms with Crippen molar-refractivity contribution in [1.29, 1.82) is 0 Å². The summed E-state index contributed by atoms with van der Waals surface area (Å²) in [5.41, 5.74) is -1.87. The molecular formula is C17H16O6. The molecule has 6 heteroatoms. The van der Waals surface area contributed by atoms with Gasteiger partial charge in [-0.15, -0.1) is 0 Å². The minimum absolute atomic E-state index is 0.0349. The first-order chi connectivity index (χ1) is 10.8. The maximum atomic E-state index is 11.2. The van der Waals surface area contributed by atoms with Crippen LogP contribution < -0.4 is 4.74 Å². The molecule has 6 nitrogen and oxygen atoms in total.